The summed E-state index contributed by atoms with van der Waals surface area (Å²) < 4.78 is 41.4. The summed E-state index contributed by atoms with van der Waals surface area (Å²) in [4.78, 5) is 26.9. The Hall–Kier alpha value is -3.69. The lowest BCUT2D eigenvalue weighted by atomic mass is 10.1. The van der Waals surface area contributed by atoms with E-state index in [1.165, 1.54) is 42.1 Å². The van der Waals surface area contributed by atoms with E-state index < -0.39 is 22.6 Å². The third kappa shape index (κ3) is 4.26. The Morgan fingerprint density at radius 2 is 1.90 bits per heavy atom. The molecule has 1 N–H and O–H groups in total. The Bertz CT molecular complexity index is 1110. The Morgan fingerprint density at radius 1 is 1.17 bits per heavy atom. The van der Waals surface area contributed by atoms with Crippen molar-refractivity contribution in [2.24, 2.45) is 0 Å². The number of halogens is 3. The number of rotatable bonds is 4. The summed E-state index contributed by atoms with van der Waals surface area (Å²) in [6, 6.07) is 6.96. The van der Waals surface area contributed by atoms with E-state index in [9.17, 15) is 28.1 Å². The van der Waals surface area contributed by atoms with E-state index in [-0.39, 0.29) is 22.6 Å². The summed E-state index contributed by atoms with van der Waals surface area (Å²) in [5.41, 5.74) is -0.815. The molecule has 1 aromatic heterocycles. The van der Waals surface area contributed by atoms with Gasteiger partial charge in [-0.15, -0.1) is 0 Å². The lowest BCUT2D eigenvalue weighted by Gasteiger charge is -2.14. The number of imidazole rings is 1. The zero-order chi connectivity index (χ0) is 21.3. The van der Waals surface area contributed by atoms with Crippen LogP contribution in [0.5, 0.6) is 0 Å². The van der Waals surface area contributed by atoms with Crippen LogP contribution in [0.4, 0.5) is 24.5 Å². The van der Waals surface area contributed by atoms with E-state index in [1.807, 2.05) is 0 Å². The minimum atomic E-state index is -4.63. The third-order valence-corrected chi connectivity index (χ3v) is 4.27. The van der Waals surface area contributed by atoms with Crippen LogP contribution in [0.15, 0.2) is 48.8 Å². The van der Waals surface area contributed by atoms with Crippen LogP contribution in [0.1, 0.15) is 27.3 Å². The number of anilines is 1. The molecule has 0 saturated heterocycles. The number of benzene rings is 2. The monoisotopic (exact) mass is 404 g/mol. The summed E-state index contributed by atoms with van der Waals surface area (Å²) in [5, 5.41) is 13.4. The highest BCUT2D eigenvalue weighted by Crippen LogP contribution is 2.33. The van der Waals surface area contributed by atoms with Crippen molar-refractivity contribution in [2.45, 2.75) is 20.0 Å². The quantitative estimate of drug-likeness (QED) is 0.506. The first-order chi connectivity index (χ1) is 13.6. The van der Waals surface area contributed by atoms with E-state index in [0.29, 0.717) is 11.4 Å². The fourth-order valence-corrected chi connectivity index (χ4v) is 2.79. The molecule has 29 heavy (non-hydrogen) atoms. The maximum atomic E-state index is 13.3. The highest BCUT2D eigenvalue weighted by atomic mass is 19.4. The Kier molecular flexibility index (Phi) is 5.10. The number of carbonyl (C=O) groups is 1. The average molecular weight is 404 g/mol. The van der Waals surface area contributed by atoms with Gasteiger partial charge in [0.05, 0.1) is 10.5 Å². The van der Waals surface area contributed by atoms with Crippen LogP contribution < -0.4 is 5.32 Å². The Labute approximate surface area is 163 Å². The van der Waals surface area contributed by atoms with Crippen molar-refractivity contribution >= 4 is 17.3 Å². The van der Waals surface area contributed by atoms with Gasteiger partial charge in [-0.1, -0.05) is 6.07 Å². The van der Waals surface area contributed by atoms with Gasteiger partial charge in [0.15, 0.2) is 0 Å². The number of carbonyl (C=O) groups excluding carboxylic acids is 1. The zero-order valence-electron chi connectivity index (χ0n) is 15.3. The second kappa shape index (κ2) is 7.38. The number of hydrogen-bond acceptors (Lipinski definition) is 4. The minimum absolute atomic E-state index is 0.0416. The van der Waals surface area contributed by atoms with Gasteiger partial charge >= 0.3 is 6.18 Å². The summed E-state index contributed by atoms with van der Waals surface area (Å²) in [5.74, 6) is -0.295. The van der Waals surface area contributed by atoms with Crippen LogP contribution >= 0.6 is 0 Å². The van der Waals surface area contributed by atoms with Gasteiger partial charge in [0.25, 0.3) is 11.6 Å². The predicted octanol–water partition coefficient (Wildman–Crippen LogP) is 4.67. The molecule has 1 heterocycles. The van der Waals surface area contributed by atoms with E-state index >= 15 is 0 Å². The number of nitro benzene ring substituents is 1. The largest absolute Gasteiger partial charge is 0.416 e. The van der Waals surface area contributed by atoms with E-state index in [4.69, 9.17) is 0 Å². The van der Waals surface area contributed by atoms with Crippen molar-refractivity contribution in [3.8, 4) is 5.69 Å². The van der Waals surface area contributed by atoms with Crippen LogP contribution in [0, 0.1) is 24.0 Å². The van der Waals surface area contributed by atoms with Crippen LogP contribution in [-0.2, 0) is 6.18 Å². The van der Waals surface area contributed by atoms with Gasteiger partial charge < -0.3 is 9.88 Å². The molecule has 0 aliphatic heterocycles. The van der Waals surface area contributed by atoms with Gasteiger partial charge in [0.1, 0.15) is 5.82 Å². The zero-order valence-corrected chi connectivity index (χ0v) is 15.3. The second-order valence-corrected chi connectivity index (χ2v) is 6.32. The first-order valence-corrected chi connectivity index (χ1v) is 8.35. The number of aryl methyl sites for hydroxylation is 2. The molecule has 0 saturated carbocycles. The summed E-state index contributed by atoms with van der Waals surface area (Å²) in [6.45, 7) is 3.15. The van der Waals surface area contributed by atoms with Crippen LogP contribution in [0.2, 0.25) is 0 Å². The Morgan fingerprint density at radius 3 is 2.48 bits per heavy atom. The van der Waals surface area contributed by atoms with Crippen LogP contribution in [-0.4, -0.2) is 20.4 Å². The molecule has 0 radical (unpaired) electrons. The van der Waals surface area contributed by atoms with Gasteiger partial charge in [0, 0.05) is 41.0 Å². The first-order valence-electron chi connectivity index (χ1n) is 8.35. The van der Waals surface area contributed by atoms with Crippen molar-refractivity contribution in [1.29, 1.82) is 0 Å². The first kappa shape index (κ1) is 20.1. The molecule has 0 aliphatic rings. The van der Waals surface area contributed by atoms with Gasteiger partial charge in [0.2, 0.25) is 0 Å². The normalized spacial score (nSPS) is 11.3. The highest BCUT2D eigenvalue weighted by Gasteiger charge is 2.31. The van der Waals surface area contributed by atoms with Gasteiger partial charge in [-0.05, 0) is 38.1 Å². The van der Waals surface area contributed by atoms with Gasteiger partial charge in [-0.3, -0.25) is 14.9 Å². The molecule has 1 amide bonds. The second-order valence-electron chi connectivity index (χ2n) is 6.32. The standard InChI is InChI=1S/C19H15F3N4O3/c1-11-3-4-13(7-17(11)26(28)29)18(27)24-15-8-14(19(20,21)22)9-16(10-15)25-6-5-23-12(25)2/h3-10H,1-2H3,(H,24,27). The van der Waals surface area contributed by atoms with Crippen LogP contribution in [0.3, 0.4) is 0 Å². The number of nitrogens with zero attached hydrogens (tertiary/aromatic N) is 3. The van der Waals surface area contributed by atoms with Crippen molar-refractivity contribution in [2.75, 3.05) is 5.32 Å². The highest BCUT2D eigenvalue weighted by molar-refractivity contribution is 6.04. The number of nitrogens with one attached hydrogen (secondary N) is 1. The van der Waals surface area contributed by atoms with E-state index in [1.54, 1.807) is 6.92 Å². The molecule has 0 fully saturated rings. The van der Waals surface area contributed by atoms with Crippen molar-refractivity contribution in [3.05, 3.63) is 81.4 Å². The van der Waals surface area contributed by atoms with Crippen LogP contribution in [0.25, 0.3) is 5.69 Å². The van der Waals surface area contributed by atoms with E-state index in [0.717, 1.165) is 18.2 Å². The fourth-order valence-electron chi connectivity index (χ4n) is 2.79. The number of aromatic nitrogens is 2. The van der Waals surface area contributed by atoms with Crippen molar-refractivity contribution < 1.29 is 22.9 Å². The predicted molar refractivity (Wildman–Crippen MR) is 99.1 cm³/mol. The molecular formula is C19H15F3N4O3. The molecule has 2 aromatic carbocycles. The maximum absolute atomic E-state index is 13.3. The fraction of sp³-hybridized carbons (Fsp3) is 0.158. The third-order valence-electron chi connectivity index (χ3n) is 4.27. The number of nitro groups is 1. The molecule has 0 bridgehead atoms. The van der Waals surface area contributed by atoms with Gasteiger partial charge in [-0.25, -0.2) is 4.98 Å². The molecular weight excluding hydrogens is 389 g/mol. The Balaban J connectivity index is 2.00. The molecule has 150 valence electrons. The summed E-state index contributed by atoms with van der Waals surface area (Å²) in [6.07, 6.45) is -1.69. The minimum Gasteiger partial charge on any atom is -0.322 e. The molecule has 3 aromatic rings. The summed E-state index contributed by atoms with van der Waals surface area (Å²) >= 11 is 0. The number of amides is 1. The van der Waals surface area contributed by atoms with Gasteiger partial charge in [-0.2, -0.15) is 13.2 Å². The smallest absolute Gasteiger partial charge is 0.322 e. The molecule has 0 spiro atoms. The SMILES string of the molecule is Cc1ccc(C(=O)Nc2cc(-n3ccnc3C)cc(C(F)(F)F)c2)cc1[N+](=O)[O-]. The molecule has 3 rings (SSSR count). The molecule has 0 aliphatic carbocycles. The topological polar surface area (TPSA) is 90.1 Å². The lowest BCUT2D eigenvalue weighted by molar-refractivity contribution is -0.385. The molecule has 0 atom stereocenters. The lowest BCUT2D eigenvalue weighted by Crippen LogP contribution is -2.14. The van der Waals surface area contributed by atoms with Crippen molar-refractivity contribution in [3.63, 3.8) is 0 Å². The number of alkyl halides is 3. The molecule has 7 nitrogen and oxygen atoms in total. The summed E-state index contributed by atoms with van der Waals surface area (Å²) in [7, 11) is 0. The molecule has 10 heteroatoms. The average Bonchev–Trinajstić information content (AvgIpc) is 3.06. The number of hydrogen-bond donors (Lipinski definition) is 1. The van der Waals surface area contributed by atoms with Crippen molar-refractivity contribution in [1.82, 2.24) is 9.55 Å². The van der Waals surface area contributed by atoms with E-state index in [2.05, 4.69) is 10.3 Å². The molecule has 0 unspecified atom stereocenters. The maximum Gasteiger partial charge on any atom is 0.416 e.